The molecule has 0 fully saturated rings. The van der Waals surface area contributed by atoms with Gasteiger partial charge in [0.15, 0.2) is 9.84 Å². The van der Waals surface area contributed by atoms with Gasteiger partial charge in [0.2, 0.25) is 5.91 Å². The molecule has 0 radical (unpaired) electrons. The lowest BCUT2D eigenvalue weighted by Crippen LogP contribution is -2.33. The zero-order valence-corrected chi connectivity index (χ0v) is 8.69. The van der Waals surface area contributed by atoms with Crippen molar-refractivity contribution in [3.8, 4) is 0 Å². The second-order valence-corrected chi connectivity index (χ2v) is 4.87. The van der Waals surface area contributed by atoms with Crippen LogP contribution in [0.2, 0.25) is 0 Å². The summed E-state index contributed by atoms with van der Waals surface area (Å²) in [5, 5.41) is 2.43. The van der Waals surface area contributed by atoms with Crippen molar-refractivity contribution in [3.63, 3.8) is 0 Å². The predicted octanol–water partition coefficient (Wildman–Crippen LogP) is -0.816. The van der Waals surface area contributed by atoms with Crippen molar-refractivity contribution < 1.29 is 17.9 Å². The van der Waals surface area contributed by atoms with Crippen LogP contribution >= 0.6 is 0 Å². The smallest absolute Gasteiger partial charge is 0.235 e. The molecule has 5 nitrogen and oxygen atoms in total. The highest BCUT2D eigenvalue weighted by Crippen LogP contribution is 1.88. The van der Waals surface area contributed by atoms with E-state index >= 15 is 0 Å². The second kappa shape index (κ2) is 5.93. The number of hydrogen-bond acceptors (Lipinski definition) is 4. The number of carbonyl (C=O) groups is 1. The number of carbonyl (C=O) groups excluding carboxylic acids is 1. The molecule has 1 amide bonds. The molecule has 1 N–H and O–H groups in total. The lowest BCUT2D eigenvalue weighted by Gasteiger charge is -2.03. The van der Waals surface area contributed by atoms with Gasteiger partial charge < -0.3 is 10.1 Å². The molecule has 0 aromatic heterocycles. The predicted molar refractivity (Wildman–Crippen MR) is 49.2 cm³/mol. The summed E-state index contributed by atoms with van der Waals surface area (Å²) in [4.78, 5) is 10.9. The molecule has 0 aliphatic rings. The summed E-state index contributed by atoms with van der Waals surface area (Å²) in [7, 11) is -1.70. The summed E-state index contributed by atoms with van der Waals surface area (Å²) in [6, 6.07) is 0. The third-order valence-corrected chi connectivity index (χ3v) is 3.00. The van der Waals surface area contributed by atoms with E-state index < -0.39 is 21.5 Å². The molecule has 78 valence electrons. The average Bonchev–Trinajstić information content (AvgIpc) is 2.04. The van der Waals surface area contributed by atoms with Crippen LogP contribution in [0, 0.1) is 0 Å². The Morgan fingerprint density at radius 1 is 1.46 bits per heavy atom. The maximum Gasteiger partial charge on any atom is 0.235 e. The van der Waals surface area contributed by atoms with Gasteiger partial charge in [0.1, 0.15) is 5.75 Å². The van der Waals surface area contributed by atoms with Gasteiger partial charge in [0, 0.05) is 19.4 Å². The van der Waals surface area contributed by atoms with Crippen molar-refractivity contribution in [2.45, 2.75) is 6.92 Å². The Balaban J connectivity index is 3.75. The summed E-state index contributed by atoms with van der Waals surface area (Å²) in [6.07, 6.45) is 0. The third kappa shape index (κ3) is 6.53. The Bertz CT molecular complexity index is 247. The Hall–Kier alpha value is -0.620. The van der Waals surface area contributed by atoms with Gasteiger partial charge in [-0.1, -0.05) is 6.92 Å². The molecule has 0 spiro atoms. The molecule has 0 saturated carbocycles. The van der Waals surface area contributed by atoms with Crippen molar-refractivity contribution >= 4 is 15.7 Å². The number of hydrogen-bond donors (Lipinski definition) is 1. The molecule has 0 aliphatic heterocycles. The molecule has 13 heavy (non-hydrogen) atoms. The molecule has 0 aromatic carbocycles. The van der Waals surface area contributed by atoms with Gasteiger partial charge in [-0.05, 0) is 0 Å². The molecule has 0 heterocycles. The van der Waals surface area contributed by atoms with E-state index in [2.05, 4.69) is 10.1 Å². The number of rotatable bonds is 6. The molecule has 6 heteroatoms. The van der Waals surface area contributed by atoms with Gasteiger partial charge >= 0.3 is 0 Å². The van der Waals surface area contributed by atoms with Crippen molar-refractivity contribution in [1.29, 1.82) is 0 Å². The molecule has 0 bridgehead atoms. The van der Waals surface area contributed by atoms with Gasteiger partial charge in [-0.25, -0.2) is 8.42 Å². The van der Waals surface area contributed by atoms with Crippen LogP contribution in [0.1, 0.15) is 6.92 Å². The van der Waals surface area contributed by atoms with Crippen LogP contribution in [0.15, 0.2) is 0 Å². The molecule has 0 atom stereocenters. The molecule has 0 aromatic rings. The SMILES string of the molecule is CCS(=O)(=O)CC(=O)NCCOC. The zero-order chi connectivity index (χ0) is 10.3. The molecule has 0 aliphatic carbocycles. The average molecular weight is 209 g/mol. The number of ether oxygens (including phenoxy) is 1. The maximum atomic E-state index is 11.0. The highest BCUT2D eigenvalue weighted by atomic mass is 32.2. The highest BCUT2D eigenvalue weighted by molar-refractivity contribution is 7.92. The van der Waals surface area contributed by atoms with Crippen LogP contribution in [0.5, 0.6) is 0 Å². The lowest BCUT2D eigenvalue weighted by molar-refractivity contribution is -0.118. The van der Waals surface area contributed by atoms with E-state index in [9.17, 15) is 13.2 Å². The summed E-state index contributed by atoms with van der Waals surface area (Å²) >= 11 is 0. The molecular weight excluding hydrogens is 194 g/mol. The molecular formula is C7H15NO4S. The van der Waals surface area contributed by atoms with E-state index in [4.69, 9.17) is 0 Å². The largest absolute Gasteiger partial charge is 0.383 e. The van der Waals surface area contributed by atoms with Crippen molar-refractivity contribution in [2.75, 3.05) is 31.8 Å². The Kier molecular flexibility index (Phi) is 5.65. The first kappa shape index (κ1) is 12.4. The standard InChI is InChI=1S/C7H15NO4S/c1-3-13(10,11)6-7(9)8-4-5-12-2/h3-6H2,1-2H3,(H,8,9). The van der Waals surface area contributed by atoms with E-state index in [1.165, 1.54) is 14.0 Å². The van der Waals surface area contributed by atoms with E-state index in [-0.39, 0.29) is 5.75 Å². The minimum atomic E-state index is -3.21. The van der Waals surface area contributed by atoms with E-state index in [0.717, 1.165) is 0 Å². The number of amides is 1. The maximum absolute atomic E-state index is 11.0. The van der Waals surface area contributed by atoms with E-state index in [1.807, 2.05) is 0 Å². The van der Waals surface area contributed by atoms with Gasteiger partial charge in [-0.3, -0.25) is 4.79 Å². The van der Waals surface area contributed by atoms with Gasteiger partial charge in [0.25, 0.3) is 0 Å². The minimum Gasteiger partial charge on any atom is -0.383 e. The van der Waals surface area contributed by atoms with Crippen LogP contribution in [0.3, 0.4) is 0 Å². The first-order chi connectivity index (χ1) is 6.02. The fourth-order valence-corrected chi connectivity index (χ4v) is 1.35. The van der Waals surface area contributed by atoms with E-state index in [1.54, 1.807) is 0 Å². The fourth-order valence-electron chi connectivity index (χ4n) is 0.645. The van der Waals surface area contributed by atoms with Crippen LogP contribution in [-0.4, -0.2) is 46.1 Å². The number of sulfone groups is 1. The Labute approximate surface area is 78.4 Å². The number of nitrogens with one attached hydrogen (secondary N) is 1. The quantitative estimate of drug-likeness (QED) is 0.580. The van der Waals surface area contributed by atoms with Crippen LogP contribution in [0.25, 0.3) is 0 Å². The summed E-state index contributed by atoms with van der Waals surface area (Å²) in [5.41, 5.74) is 0. The first-order valence-electron chi connectivity index (χ1n) is 3.98. The highest BCUT2D eigenvalue weighted by Gasteiger charge is 2.13. The van der Waals surface area contributed by atoms with Crippen molar-refractivity contribution in [3.05, 3.63) is 0 Å². The zero-order valence-electron chi connectivity index (χ0n) is 7.87. The van der Waals surface area contributed by atoms with E-state index in [0.29, 0.717) is 13.2 Å². The van der Waals surface area contributed by atoms with Crippen LogP contribution < -0.4 is 5.32 Å². The summed E-state index contributed by atoms with van der Waals surface area (Å²) in [5.74, 6) is -0.920. The lowest BCUT2D eigenvalue weighted by atomic mass is 10.6. The van der Waals surface area contributed by atoms with Gasteiger partial charge in [0.05, 0.1) is 6.61 Å². The third-order valence-electron chi connectivity index (χ3n) is 1.42. The van der Waals surface area contributed by atoms with Gasteiger partial charge in [-0.15, -0.1) is 0 Å². The fraction of sp³-hybridized carbons (Fsp3) is 0.857. The van der Waals surface area contributed by atoms with Gasteiger partial charge in [-0.2, -0.15) is 0 Å². The summed E-state index contributed by atoms with van der Waals surface area (Å²) < 4.78 is 26.6. The second-order valence-electron chi connectivity index (χ2n) is 2.52. The first-order valence-corrected chi connectivity index (χ1v) is 5.80. The van der Waals surface area contributed by atoms with Crippen LogP contribution in [0.4, 0.5) is 0 Å². The number of methoxy groups -OCH3 is 1. The summed E-state index contributed by atoms with van der Waals surface area (Å²) in [6.45, 7) is 2.24. The van der Waals surface area contributed by atoms with Crippen LogP contribution in [-0.2, 0) is 19.4 Å². The Morgan fingerprint density at radius 2 is 2.08 bits per heavy atom. The van der Waals surface area contributed by atoms with Crippen molar-refractivity contribution in [2.24, 2.45) is 0 Å². The molecule has 0 saturated heterocycles. The van der Waals surface area contributed by atoms with Crippen molar-refractivity contribution in [1.82, 2.24) is 5.32 Å². The topological polar surface area (TPSA) is 72.5 Å². The monoisotopic (exact) mass is 209 g/mol. The Morgan fingerprint density at radius 3 is 2.54 bits per heavy atom. The minimum absolute atomic E-state index is 0.00923. The molecule has 0 rings (SSSR count). The molecule has 0 unspecified atom stereocenters. The normalized spacial score (nSPS) is 11.2.